The Hall–Kier alpha value is -2.50. The maximum Gasteiger partial charge on any atom is 0.258 e. The van der Waals surface area contributed by atoms with Crippen molar-refractivity contribution in [2.45, 2.75) is 6.92 Å². The number of carbonyl (C=O) groups is 1. The minimum Gasteiger partial charge on any atom is -0.492 e. The second-order valence-corrected chi connectivity index (χ2v) is 3.58. The third kappa shape index (κ3) is 2.60. The minimum atomic E-state index is -0.278. The van der Waals surface area contributed by atoms with Crippen LogP contribution in [0.3, 0.4) is 0 Å². The van der Waals surface area contributed by atoms with E-state index in [-0.39, 0.29) is 5.91 Å². The Kier molecular flexibility index (Phi) is 3.47. The molecule has 1 aromatic heterocycles. The topological polar surface area (TPSA) is 93.0 Å². The van der Waals surface area contributed by atoms with Gasteiger partial charge in [-0.05, 0) is 25.1 Å². The van der Waals surface area contributed by atoms with Gasteiger partial charge in [-0.15, -0.1) is 0 Å². The zero-order chi connectivity index (χ0) is 13.0. The molecule has 0 unspecified atom stereocenters. The van der Waals surface area contributed by atoms with Crippen molar-refractivity contribution in [3.05, 3.63) is 36.2 Å². The molecule has 0 bridgehead atoms. The third-order valence-electron chi connectivity index (χ3n) is 2.30. The van der Waals surface area contributed by atoms with Crippen LogP contribution in [-0.2, 0) is 0 Å². The van der Waals surface area contributed by atoms with E-state index in [4.69, 9.17) is 10.5 Å². The number of rotatable bonds is 4. The first-order chi connectivity index (χ1) is 8.70. The van der Waals surface area contributed by atoms with Gasteiger partial charge in [0.1, 0.15) is 5.75 Å². The van der Waals surface area contributed by atoms with E-state index in [1.165, 1.54) is 0 Å². The summed E-state index contributed by atoms with van der Waals surface area (Å²) < 4.78 is 5.30. The molecule has 2 aromatic rings. The normalized spacial score (nSPS) is 10.1. The van der Waals surface area contributed by atoms with Gasteiger partial charge in [0, 0.05) is 18.0 Å². The summed E-state index contributed by atoms with van der Waals surface area (Å²) in [7, 11) is 0. The van der Waals surface area contributed by atoms with Crippen molar-refractivity contribution in [3.8, 4) is 5.75 Å². The molecule has 0 aliphatic heterocycles. The lowest BCUT2D eigenvalue weighted by atomic mass is 10.2. The van der Waals surface area contributed by atoms with Gasteiger partial charge in [0.2, 0.25) is 5.95 Å². The second-order valence-electron chi connectivity index (χ2n) is 3.58. The largest absolute Gasteiger partial charge is 0.492 e. The number of ether oxygens (including phenoxy) is 1. The highest BCUT2D eigenvalue weighted by atomic mass is 16.5. The number of H-pyrrole nitrogens is 1. The van der Waals surface area contributed by atoms with Crippen molar-refractivity contribution in [1.29, 1.82) is 0 Å². The number of hydrogen-bond acceptors (Lipinski definition) is 4. The van der Waals surface area contributed by atoms with Crippen LogP contribution in [0.4, 0.5) is 11.6 Å². The Morgan fingerprint density at radius 1 is 1.56 bits per heavy atom. The number of aromatic nitrogens is 2. The molecule has 6 nitrogen and oxygen atoms in total. The van der Waals surface area contributed by atoms with E-state index < -0.39 is 0 Å². The van der Waals surface area contributed by atoms with Gasteiger partial charge in [-0.2, -0.15) is 0 Å². The Morgan fingerprint density at radius 2 is 2.39 bits per heavy atom. The van der Waals surface area contributed by atoms with Crippen LogP contribution in [0.5, 0.6) is 5.75 Å². The first kappa shape index (κ1) is 12.0. The first-order valence-electron chi connectivity index (χ1n) is 5.53. The van der Waals surface area contributed by atoms with E-state index in [0.29, 0.717) is 29.6 Å². The molecule has 0 aliphatic rings. The molecule has 18 heavy (non-hydrogen) atoms. The van der Waals surface area contributed by atoms with E-state index in [2.05, 4.69) is 15.3 Å². The standard InChI is InChI=1S/C12H14N4O2/c1-2-18-10-4-3-8(7-9(10)13)11(17)16-12-14-5-6-15-12/h3-7H,2,13H2,1H3,(H2,14,15,16,17). The zero-order valence-electron chi connectivity index (χ0n) is 9.93. The average Bonchev–Trinajstić information content (AvgIpc) is 2.84. The summed E-state index contributed by atoms with van der Waals surface area (Å²) in [6.07, 6.45) is 3.18. The highest BCUT2D eigenvalue weighted by Crippen LogP contribution is 2.22. The maximum absolute atomic E-state index is 11.9. The fourth-order valence-electron chi connectivity index (χ4n) is 1.49. The number of nitrogens with zero attached hydrogens (tertiary/aromatic N) is 1. The molecule has 0 saturated carbocycles. The van der Waals surface area contributed by atoms with Gasteiger partial charge in [-0.1, -0.05) is 0 Å². The molecule has 1 aromatic carbocycles. The van der Waals surface area contributed by atoms with Crippen molar-refractivity contribution < 1.29 is 9.53 Å². The number of benzene rings is 1. The molecular formula is C12H14N4O2. The van der Waals surface area contributed by atoms with Gasteiger partial charge in [0.25, 0.3) is 5.91 Å². The summed E-state index contributed by atoms with van der Waals surface area (Å²) in [6.45, 7) is 2.40. The van der Waals surface area contributed by atoms with E-state index in [1.54, 1.807) is 30.6 Å². The van der Waals surface area contributed by atoms with E-state index in [0.717, 1.165) is 0 Å². The third-order valence-corrected chi connectivity index (χ3v) is 2.30. The van der Waals surface area contributed by atoms with Crippen molar-refractivity contribution in [1.82, 2.24) is 9.97 Å². The summed E-state index contributed by atoms with van der Waals surface area (Å²) >= 11 is 0. The zero-order valence-corrected chi connectivity index (χ0v) is 9.93. The van der Waals surface area contributed by atoms with Crippen molar-refractivity contribution in [3.63, 3.8) is 0 Å². The van der Waals surface area contributed by atoms with Crippen molar-refractivity contribution >= 4 is 17.5 Å². The summed E-state index contributed by atoms with van der Waals surface area (Å²) in [5.74, 6) is 0.694. The molecule has 0 aliphatic carbocycles. The van der Waals surface area contributed by atoms with Crippen LogP contribution in [0.1, 0.15) is 17.3 Å². The first-order valence-corrected chi connectivity index (χ1v) is 5.53. The van der Waals surface area contributed by atoms with Gasteiger partial charge in [0.15, 0.2) is 0 Å². The Labute approximate surface area is 104 Å². The molecule has 2 rings (SSSR count). The van der Waals surface area contributed by atoms with E-state index in [9.17, 15) is 4.79 Å². The van der Waals surface area contributed by atoms with Crippen LogP contribution < -0.4 is 15.8 Å². The van der Waals surface area contributed by atoms with Crippen molar-refractivity contribution in [2.24, 2.45) is 0 Å². The summed E-state index contributed by atoms with van der Waals surface area (Å²) in [5, 5.41) is 2.61. The number of imidazole rings is 1. The molecule has 0 radical (unpaired) electrons. The van der Waals surface area contributed by atoms with Crippen LogP contribution in [0.2, 0.25) is 0 Å². The highest BCUT2D eigenvalue weighted by Gasteiger charge is 2.09. The fraction of sp³-hybridized carbons (Fsp3) is 0.167. The number of nitrogen functional groups attached to an aromatic ring is 1. The molecule has 94 valence electrons. The number of anilines is 2. The Morgan fingerprint density at radius 3 is 3.00 bits per heavy atom. The Bertz CT molecular complexity index is 537. The molecule has 0 atom stereocenters. The number of amides is 1. The van der Waals surface area contributed by atoms with Crippen LogP contribution in [-0.4, -0.2) is 22.5 Å². The average molecular weight is 246 g/mol. The smallest absolute Gasteiger partial charge is 0.258 e. The van der Waals surface area contributed by atoms with Crippen LogP contribution in [0.25, 0.3) is 0 Å². The molecular weight excluding hydrogens is 232 g/mol. The van der Waals surface area contributed by atoms with Gasteiger partial charge >= 0.3 is 0 Å². The molecule has 4 N–H and O–H groups in total. The van der Waals surface area contributed by atoms with Gasteiger partial charge in [-0.3, -0.25) is 10.1 Å². The Balaban J connectivity index is 2.13. The second kappa shape index (κ2) is 5.22. The molecule has 0 saturated heterocycles. The maximum atomic E-state index is 11.9. The number of carbonyl (C=O) groups excluding carboxylic acids is 1. The number of hydrogen-bond donors (Lipinski definition) is 3. The lowest BCUT2D eigenvalue weighted by Gasteiger charge is -2.08. The van der Waals surface area contributed by atoms with E-state index >= 15 is 0 Å². The summed E-state index contributed by atoms with van der Waals surface area (Å²) in [5.41, 5.74) is 6.68. The number of nitrogens with two attached hydrogens (primary N) is 1. The summed E-state index contributed by atoms with van der Waals surface area (Å²) in [4.78, 5) is 18.6. The molecule has 0 spiro atoms. The molecule has 1 amide bonds. The number of nitrogens with one attached hydrogen (secondary N) is 2. The quantitative estimate of drug-likeness (QED) is 0.715. The molecule has 6 heteroatoms. The van der Waals surface area contributed by atoms with E-state index in [1.807, 2.05) is 6.92 Å². The molecule has 1 heterocycles. The monoisotopic (exact) mass is 246 g/mol. The lowest BCUT2D eigenvalue weighted by molar-refractivity contribution is 0.102. The predicted octanol–water partition coefficient (Wildman–Crippen LogP) is 1.64. The number of aromatic amines is 1. The van der Waals surface area contributed by atoms with Crippen LogP contribution in [0, 0.1) is 0 Å². The van der Waals surface area contributed by atoms with Gasteiger partial charge in [0.05, 0.1) is 12.3 Å². The van der Waals surface area contributed by atoms with Gasteiger partial charge < -0.3 is 15.5 Å². The van der Waals surface area contributed by atoms with Crippen LogP contribution >= 0.6 is 0 Å². The molecule has 0 fully saturated rings. The highest BCUT2D eigenvalue weighted by molar-refractivity contribution is 6.04. The van der Waals surface area contributed by atoms with Gasteiger partial charge in [-0.25, -0.2) is 4.98 Å². The lowest BCUT2D eigenvalue weighted by Crippen LogP contribution is -2.13. The van der Waals surface area contributed by atoms with Crippen molar-refractivity contribution in [2.75, 3.05) is 17.7 Å². The van der Waals surface area contributed by atoms with Crippen LogP contribution in [0.15, 0.2) is 30.6 Å². The minimum absolute atomic E-state index is 0.278. The predicted molar refractivity (Wildman–Crippen MR) is 68.6 cm³/mol. The fourth-order valence-corrected chi connectivity index (χ4v) is 1.49. The SMILES string of the molecule is CCOc1ccc(C(=O)Nc2ncc[nH]2)cc1N. The summed E-state index contributed by atoms with van der Waals surface area (Å²) in [6, 6.07) is 4.90.